The molecule has 0 aliphatic rings. The van der Waals surface area contributed by atoms with Crippen LogP contribution in [0.5, 0.6) is 0 Å². The van der Waals surface area contributed by atoms with E-state index in [9.17, 15) is 14.4 Å². The van der Waals surface area contributed by atoms with E-state index < -0.39 is 6.10 Å². The van der Waals surface area contributed by atoms with Crippen LogP contribution in [0.2, 0.25) is 0 Å². The van der Waals surface area contributed by atoms with Gasteiger partial charge in [-0.15, -0.1) is 0 Å². The highest BCUT2D eigenvalue weighted by molar-refractivity contribution is 5.71. The lowest BCUT2D eigenvalue weighted by molar-refractivity contribution is -0.167. The van der Waals surface area contributed by atoms with Crippen LogP contribution in [0, 0.1) is 0 Å². The van der Waals surface area contributed by atoms with Gasteiger partial charge >= 0.3 is 17.9 Å². The maximum atomic E-state index is 12.7. The van der Waals surface area contributed by atoms with Crippen molar-refractivity contribution in [2.24, 2.45) is 0 Å². The lowest BCUT2D eigenvalue weighted by atomic mass is 10.1. The van der Waals surface area contributed by atoms with E-state index in [4.69, 9.17) is 14.2 Å². The Kier molecular flexibility index (Phi) is 43.1. The molecule has 0 heterocycles. The van der Waals surface area contributed by atoms with Crippen LogP contribution in [0.15, 0.2) is 97.2 Å². The second-order valence-electron chi connectivity index (χ2n) is 15.0. The number of hydrogen-bond donors (Lipinski definition) is 0. The molecule has 1 atom stereocenters. The zero-order chi connectivity index (χ0) is 42.3. The fraction of sp³-hybridized carbons (Fsp3) is 0.635. The van der Waals surface area contributed by atoms with E-state index in [2.05, 4.69) is 81.5 Å². The minimum absolute atomic E-state index is 0.110. The van der Waals surface area contributed by atoms with Gasteiger partial charge in [0, 0.05) is 19.3 Å². The van der Waals surface area contributed by atoms with E-state index in [1.54, 1.807) is 0 Å². The van der Waals surface area contributed by atoms with Crippen molar-refractivity contribution in [2.75, 3.05) is 13.2 Å². The summed E-state index contributed by atoms with van der Waals surface area (Å²) in [6.07, 6.45) is 59.6. The van der Waals surface area contributed by atoms with Gasteiger partial charge in [0.2, 0.25) is 0 Å². The summed E-state index contributed by atoms with van der Waals surface area (Å²) in [4.78, 5) is 37.8. The van der Waals surface area contributed by atoms with Crippen LogP contribution in [0.25, 0.3) is 0 Å². The predicted molar refractivity (Wildman–Crippen MR) is 247 cm³/mol. The highest BCUT2D eigenvalue weighted by atomic mass is 16.6. The lowest BCUT2D eigenvalue weighted by Crippen LogP contribution is -2.30. The summed E-state index contributed by atoms with van der Waals surface area (Å²) >= 11 is 0. The fourth-order valence-corrected chi connectivity index (χ4v) is 5.93. The minimum atomic E-state index is -0.812. The van der Waals surface area contributed by atoms with E-state index in [1.807, 2.05) is 36.5 Å². The van der Waals surface area contributed by atoms with Gasteiger partial charge in [-0.05, 0) is 96.3 Å². The van der Waals surface area contributed by atoms with E-state index in [-0.39, 0.29) is 37.5 Å². The SMILES string of the molecule is CC\C=C/C=C\C=C/C=C\CCCCCC(=O)OC(COC(=O)CCCCC/C=C\CCCCCCCC)COC(=O)CCCCCC/C=C\C/C=C\C/C=C\CC. The molecule has 0 aromatic carbocycles. The van der Waals surface area contributed by atoms with Gasteiger partial charge in [0.25, 0.3) is 0 Å². The minimum Gasteiger partial charge on any atom is -0.462 e. The largest absolute Gasteiger partial charge is 0.462 e. The van der Waals surface area contributed by atoms with Crippen LogP contribution in [0.1, 0.15) is 194 Å². The van der Waals surface area contributed by atoms with Crippen LogP contribution in [-0.4, -0.2) is 37.2 Å². The van der Waals surface area contributed by atoms with E-state index >= 15 is 0 Å². The third kappa shape index (κ3) is 43.5. The van der Waals surface area contributed by atoms with Gasteiger partial charge in [-0.3, -0.25) is 14.4 Å². The molecule has 0 aromatic rings. The highest BCUT2D eigenvalue weighted by Gasteiger charge is 2.19. The molecule has 0 amide bonds. The van der Waals surface area contributed by atoms with E-state index in [0.717, 1.165) is 109 Å². The molecule has 0 saturated heterocycles. The van der Waals surface area contributed by atoms with Crippen molar-refractivity contribution in [2.45, 2.75) is 200 Å². The molecule has 0 aromatic heterocycles. The first-order valence-electron chi connectivity index (χ1n) is 23.3. The number of ether oxygens (including phenoxy) is 3. The summed E-state index contributed by atoms with van der Waals surface area (Å²) in [5.74, 6) is -0.997. The lowest BCUT2D eigenvalue weighted by Gasteiger charge is -2.18. The summed E-state index contributed by atoms with van der Waals surface area (Å²) in [7, 11) is 0. The zero-order valence-corrected chi connectivity index (χ0v) is 37.3. The second kappa shape index (κ2) is 46.0. The van der Waals surface area contributed by atoms with Crippen LogP contribution in [0.4, 0.5) is 0 Å². The summed E-state index contributed by atoms with van der Waals surface area (Å²) in [6, 6.07) is 0. The second-order valence-corrected chi connectivity index (χ2v) is 15.0. The van der Waals surface area contributed by atoms with Gasteiger partial charge in [0.15, 0.2) is 6.10 Å². The third-order valence-corrected chi connectivity index (χ3v) is 9.40. The molecule has 0 aliphatic carbocycles. The molecule has 0 N–H and O–H groups in total. The Bertz CT molecular complexity index is 1200. The van der Waals surface area contributed by atoms with Crippen molar-refractivity contribution in [1.29, 1.82) is 0 Å². The molecule has 0 radical (unpaired) electrons. The van der Waals surface area contributed by atoms with Crippen LogP contribution < -0.4 is 0 Å². The van der Waals surface area contributed by atoms with Crippen molar-refractivity contribution in [3.05, 3.63) is 97.2 Å². The molecule has 0 saturated carbocycles. The van der Waals surface area contributed by atoms with Gasteiger partial charge in [-0.1, -0.05) is 176 Å². The average Bonchev–Trinajstić information content (AvgIpc) is 3.22. The Labute approximate surface area is 356 Å². The van der Waals surface area contributed by atoms with Gasteiger partial charge < -0.3 is 14.2 Å². The molecule has 0 aliphatic heterocycles. The molecule has 1 unspecified atom stereocenters. The molecule has 58 heavy (non-hydrogen) atoms. The van der Waals surface area contributed by atoms with Crippen molar-refractivity contribution in [3.8, 4) is 0 Å². The molecular weight excluding hydrogens is 721 g/mol. The van der Waals surface area contributed by atoms with Crippen molar-refractivity contribution in [3.63, 3.8) is 0 Å². The first-order valence-corrected chi connectivity index (χ1v) is 23.3. The summed E-state index contributed by atoms with van der Waals surface area (Å²) < 4.78 is 16.7. The topological polar surface area (TPSA) is 78.9 Å². The van der Waals surface area contributed by atoms with Gasteiger partial charge in [0.05, 0.1) is 0 Å². The number of rotatable bonds is 40. The zero-order valence-electron chi connectivity index (χ0n) is 37.3. The molecule has 0 bridgehead atoms. The van der Waals surface area contributed by atoms with Gasteiger partial charge in [-0.2, -0.15) is 0 Å². The number of carbonyl (C=O) groups is 3. The quantitative estimate of drug-likeness (QED) is 0.0202. The number of unbranched alkanes of at least 4 members (excludes halogenated alkanes) is 16. The average molecular weight is 805 g/mol. The van der Waals surface area contributed by atoms with Crippen LogP contribution >= 0.6 is 0 Å². The first-order chi connectivity index (χ1) is 28.5. The van der Waals surface area contributed by atoms with E-state index in [0.29, 0.717) is 19.3 Å². The molecule has 0 spiro atoms. The smallest absolute Gasteiger partial charge is 0.306 e. The Balaban J connectivity index is 4.53. The first kappa shape index (κ1) is 54.3. The van der Waals surface area contributed by atoms with E-state index in [1.165, 1.54) is 38.5 Å². The molecule has 328 valence electrons. The Morgan fingerprint density at radius 1 is 0.379 bits per heavy atom. The number of hydrogen-bond acceptors (Lipinski definition) is 6. The predicted octanol–water partition coefficient (Wildman–Crippen LogP) is 15.0. The third-order valence-electron chi connectivity index (χ3n) is 9.40. The fourth-order valence-electron chi connectivity index (χ4n) is 5.93. The van der Waals surface area contributed by atoms with Crippen LogP contribution in [-0.2, 0) is 28.6 Å². The van der Waals surface area contributed by atoms with Crippen molar-refractivity contribution < 1.29 is 28.6 Å². The maximum Gasteiger partial charge on any atom is 0.306 e. The summed E-state index contributed by atoms with van der Waals surface area (Å²) in [5.41, 5.74) is 0. The Hall–Kier alpha value is -3.67. The molecular formula is C52H84O6. The number of allylic oxidation sites excluding steroid dienone is 16. The number of esters is 3. The molecule has 6 nitrogen and oxygen atoms in total. The van der Waals surface area contributed by atoms with Gasteiger partial charge in [0.1, 0.15) is 13.2 Å². The van der Waals surface area contributed by atoms with Crippen molar-refractivity contribution >= 4 is 17.9 Å². The van der Waals surface area contributed by atoms with Crippen molar-refractivity contribution in [1.82, 2.24) is 0 Å². The number of carbonyl (C=O) groups excluding carboxylic acids is 3. The Morgan fingerprint density at radius 2 is 0.759 bits per heavy atom. The standard InChI is InChI=1S/C52H84O6/c1-4-7-10-13-16-19-22-25-28-30-33-36-39-42-45-51(54)57-48-49(58-52(55)46-43-40-37-34-31-27-24-21-18-15-12-9-6-3)47-56-50(53)44-41-38-35-32-29-26-23-20-17-14-11-8-5-2/h7,9-10,12,15-16,18-19,21,24-29,31,49H,4-6,8,11,13-14,17,20,22-23,30,32-48H2,1-3H3/b10-7-,12-9-,18-15-,19-16-,24-21-,28-25-,29-26-,31-27-. The maximum absolute atomic E-state index is 12.7. The summed E-state index contributed by atoms with van der Waals surface area (Å²) in [5, 5.41) is 0. The monoisotopic (exact) mass is 805 g/mol. The normalized spacial score (nSPS) is 12.9. The molecule has 6 heteroatoms. The Morgan fingerprint density at radius 3 is 1.29 bits per heavy atom. The van der Waals surface area contributed by atoms with Crippen LogP contribution in [0.3, 0.4) is 0 Å². The van der Waals surface area contributed by atoms with Gasteiger partial charge in [-0.25, -0.2) is 0 Å². The highest BCUT2D eigenvalue weighted by Crippen LogP contribution is 2.12. The summed E-state index contributed by atoms with van der Waals surface area (Å²) in [6.45, 7) is 6.28. The molecule has 0 rings (SSSR count). The molecule has 0 fully saturated rings.